The molecule has 0 heterocycles. The monoisotopic (exact) mass is 314 g/mol. The Morgan fingerprint density at radius 1 is 1.33 bits per heavy atom. The molecule has 0 spiro atoms. The first-order valence-corrected chi connectivity index (χ1v) is 8.57. The average Bonchev–Trinajstić information content (AvgIpc) is 2.44. The third-order valence-electron chi connectivity index (χ3n) is 2.96. The number of hydrogen-bond donors (Lipinski definition) is 1. The van der Waals surface area contributed by atoms with Crippen molar-refractivity contribution in [3.8, 4) is 5.75 Å². The molecule has 1 rings (SSSR count). The van der Waals surface area contributed by atoms with Gasteiger partial charge in [-0.1, -0.05) is 6.92 Å². The molecule has 6 nitrogen and oxygen atoms in total. The highest BCUT2D eigenvalue weighted by Crippen LogP contribution is 2.23. The van der Waals surface area contributed by atoms with Gasteiger partial charge in [0.25, 0.3) is 0 Å². The van der Waals surface area contributed by atoms with E-state index < -0.39 is 16.1 Å². The van der Waals surface area contributed by atoms with Gasteiger partial charge >= 0.3 is 0 Å². The Morgan fingerprint density at radius 3 is 2.33 bits per heavy atom. The molecule has 0 aliphatic rings. The number of hydrogen-bond acceptors (Lipinski definition) is 4. The number of nitrogens with zero attached hydrogens (tertiary/aromatic N) is 1. The summed E-state index contributed by atoms with van der Waals surface area (Å²) in [4.78, 5) is 12.0. The average molecular weight is 314 g/mol. The summed E-state index contributed by atoms with van der Waals surface area (Å²) in [5.74, 6) is 0.299. The zero-order chi connectivity index (χ0) is 16.0. The van der Waals surface area contributed by atoms with E-state index in [4.69, 9.17) is 4.74 Å². The lowest BCUT2D eigenvalue weighted by molar-refractivity contribution is -0.121. The van der Waals surface area contributed by atoms with Crippen LogP contribution in [-0.4, -0.2) is 40.3 Å². The summed E-state index contributed by atoms with van der Waals surface area (Å²) >= 11 is 0. The summed E-state index contributed by atoms with van der Waals surface area (Å²) < 4.78 is 30.2. The van der Waals surface area contributed by atoms with Gasteiger partial charge in [-0.25, -0.2) is 8.42 Å². The predicted octanol–water partition coefficient (Wildman–Crippen LogP) is 1.38. The molecule has 118 valence electrons. The van der Waals surface area contributed by atoms with E-state index in [0.717, 1.165) is 17.0 Å². The van der Waals surface area contributed by atoms with Gasteiger partial charge in [0.05, 0.1) is 19.1 Å². The number of ether oxygens (including phenoxy) is 1. The van der Waals surface area contributed by atoms with Crippen LogP contribution >= 0.6 is 0 Å². The minimum atomic E-state index is -3.58. The van der Waals surface area contributed by atoms with Gasteiger partial charge in [-0.2, -0.15) is 0 Å². The summed E-state index contributed by atoms with van der Waals surface area (Å²) in [6, 6.07) is 5.72. The van der Waals surface area contributed by atoms with Crippen LogP contribution < -0.4 is 14.4 Å². The van der Waals surface area contributed by atoms with Crippen LogP contribution in [0.4, 0.5) is 5.69 Å². The van der Waals surface area contributed by atoms with E-state index in [1.165, 1.54) is 7.11 Å². The molecule has 0 aromatic heterocycles. The lowest BCUT2D eigenvalue weighted by atomic mass is 10.2. The Hall–Kier alpha value is -1.76. The van der Waals surface area contributed by atoms with Crippen LogP contribution in [0.2, 0.25) is 0 Å². The minimum absolute atomic E-state index is 0.321. The van der Waals surface area contributed by atoms with Gasteiger partial charge in [0.2, 0.25) is 15.9 Å². The number of methoxy groups -OCH3 is 1. The number of anilines is 1. The van der Waals surface area contributed by atoms with E-state index in [9.17, 15) is 13.2 Å². The molecule has 1 amide bonds. The van der Waals surface area contributed by atoms with Crippen molar-refractivity contribution in [1.82, 2.24) is 5.32 Å². The van der Waals surface area contributed by atoms with Crippen molar-refractivity contribution in [2.75, 3.05) is 24.2 Å². The zero-order valence-corrected chi connectivity index (χ0v) is 13.6. The Bertz CT molecular complexity index is 569. The van der Waals surface area contributed by atoms with Crippen LogP contribution in [0.3, 0.4) is 0 Å². The van der Waals surface area contributed by atoms with E-state index in [1.807, 2.05) is 6.92 Å². The number of carbonyl (C=O) groups excluding carboxylic acids is 1. The second-order valence-electron chi connectivity index (χ2n) is 4.72. The van der Waals surface area contributed by atoms with Crippen LogP contribution in [0.25, 0.3) is 0 Å². The Balaban J connectivity index is 3.08. The highest BCUT2D eigenvalue weighted by atomic mass is 32.2. The van der Waals surface area contributed by atoms with Gasteiger partial charge in [-0.15, -0.1) is 0 Å². The van der Waals surface area contributed by atoms with E-state index in [1.54, 1.807) is 31.2 Å². The Morgan fingerprint density at radius 2 is 1.90 bits per heavy atom. The fraction of sp³-hybridized carbons (Fsp3) is 0.500. The molecule has 0 saturated carbocycles. The van der Waals surface area contributed by atoms with Gasteiger partial charge in [0, 0.05) is 6.54 Å². The van der Waals surface area contributed by atoms with E-state index >= 15 is 0 Å². The topological polar surface area (TPSA) is 75.7 Å². The molecule has 0 aliphatic heterocycles. The third-order valence-corrected chi connectivity index (χ3v) is 4.21. The fourth-order valence-electron chi connectivity index (χ4n) is 1.93. The highest BCUT2D eigenvalue weighted by molar-refractivity contribution is 7.92. The molecule has 21 heavy (non-hydrogen) atoms. The SMILES string of the molecule is CCCNC(=O)[C@H](C)N(c1ccc(OC)cc1)S(C)(=O)=O. The maximum Gasteiger partial charge on any atom is 0.243 e. The van der Waals surface area contributed by atoms with Crippen molar-refractivity contribution in [1.29, 1.82) is 0 Å². The molecule has 7 heteroatoms. The Kier molecular flexibility index (Phi) is 6.02. The number of rotatable bonds is 7. The van der Waals surface area contributed by atoms with Crippen LogP contribution in [0, 0.1) is 0 Å². The zero-order valence-electron chi connectivity index (χ0n) is 12.8. The first-order valence-electron chi connectivity index (χ1n) is 6.72. The summed E-state index contributed by atoms with van der Waals surface area (Å²) in [6.45, 7) is 4.02. The molecule has 0 bridgehead atoms. The summed E-state index contributed by atoms with van der Waals surface area (Å²) in [6.07, 6.45) is 1.88. The maximum absolute atomic E-state index is 12.0. The molecule has 1 aromatic rings. The van der Waals surface area contributed by atoms with Crippen molar-refractivity contribution < 1.29 is 17.9 Å². The first kappa shape index (κ1) is 17.3. The molecule has 0 fully saturated rings. The quantitative estimate of drug-likeness (QED) is 0.825. The maximum atomic E-state index is 12.0. The highest BCUT2D eigenvalue weighted by Gasteiger charge is 2.28. The van der Waals surface area contributed by atoms with Crippen LogP contribution in [0.1, 0.15) is 20.3 Å². The molecule has 1 aromatic carbocycles. The van der Waals surface area contributed by atoms with E-state index in [0.29, 0.717) is 18.0 Å². The lowest BCUT2D eigenvalue weighted by Crippen LogP contribution is -2.48. The number of amides is 1. The van der Waals surface area contributed by atoms with Crippen molar-refractivity contribution in [2.45, 2.75) is 26.3 Å². The molecular weight excluding hydrogens is 292 g/mol. The molecule has 0 saturated heterocycles. The molecule has 1 atom stereocenters. The van der Waals surface area contributed by atoms with E-state index in [2.05, 4.69) is 5.32 Å². The van der Waals surface area contributed by atoms with Crippen molar-refractivity contribution >= 4 is 21.6 Å². The predicted molar refractivity (Wildman–Crippen MR) is 83.1 cm³/mol. The van der Waals surface area contributed by atoms with Gasteiger partial charge in [0.1, 0.15) is 11.8 Å². The molecule has 1 N–H and O–H groups in total. The van der Waals surface area contributed by atoms with Gasteiger partial charge in [0.15, 0.2) is 0 Å². The van der Waals surface area contributed by atoms with Crippen molar-refractivity contribution in [3.63, 3.8) is 0 Å². The van der Waals surface area contributed by atoms with E-state index in [-0.39, 0.29) is 5.91 Å². The largest absolute Gasteiger partial charge is 0.497 e. The smallest absolute Gasteiger partial charge is 0.243 e. The van der Waals surface area contributed by atoms with Crippen molar-refractivity contribution in [3.05, 3.63) is 24.3 Å². The summed E-state index contributed by atoms with van der Waals surface area (Å²) in [7, 11) is -2.04. The number of carbonyl (C=O) groups is 1. The second kappa shape index (κ2) is 7.31. The van der Waals surface area contributed by atoms with Gasteiger partial charge in [-0.05, 0) is 37.6 Å². The number of sulfonamides is 1. The lowest BCUT2D eigenvalue weighted by Gasteiger charge is -2.28. The Labute approximate surface area is 126 Å². The van der Waals surface area contributed by atoms with Gasteiger partial charge in [-0.3, -0.25) is 9.10 Å². The number of nitrogens with one attached hydrogen (secondary N) is 1. The molecule has 0 unspecified atom stereocenters. The normalized spacial score (nSPS) is 12.6. The number of benzene rings is 1. The fourth-order valence-corrected chi connectivity index (χ4v) is 3.11. The van der Waals surface area contributed by atoms with Crippen LogP contribution in [-0.2, 0) is 14.8 Å². The molecule has 0 aliphatic carbocycles. The second-order valence-corrected chi connectivity index (χ2v) is 6.58. The van der Waals surface area contributed by atoms with Gasteiger partial charge < -0.3 is 10.1 Å². The first-order chi connectivity index (χ1) is 9.81. The molecule has 0 radical (unpaired) electrons. The standard InChI is InChI=1S/C14H22N2O4S/c1-5-10-15-14(17)11(2)16(21(4,18)19)12-6-8-13(20-3)9-7-12/h6-9,11H,5,10H2,1-4H3,(H,15,17)/t11-/m0/s1. The van der Waals surface area contributed by atoms with Crippen LogP contribution in [0.5, 0.6) is 5.75 Å². The van der Waals surface area contributed by atoms with Crippen LogP contribution in [0.15, 0.2) is 24.3 Å². The summed E-state index contributed by atoms with van der Waals surface area (Å²) in [5, 5.41) is 2.71. The van der Waals surface area contributed by atoms with Crippen molar-refractivity contribution in [2.24, 2.45) is 0 Å². The third kappa shape index (κ3) is 4.63. The molecular formula is C14H22N2O4S. The summed E-state index contributed by atoms with van der Waals surface area (Å²) in [5.41, 5.74) is 0.428. The minimum Gasteiger partial charge on any atom is -0.497 e.